The third-order valence-corrected chi connectivity index (χ3v) is 3.92. The Hall–Kier alpha value is -2.83. The first-order valence-electron chi connectivity index (χ1n) is 7.55. The molecule has 1 atom stereocenters. The van der Waals surface area contributed by atoms with Gasteiger partial charge in [0.15, 0.2) is 0 Å². The first-order valence-corrected chi connectivity index (χ1v) is 7.55. The molecule has 0 unspecified atom stereocenters. The van der Waals surface area contributed by atoms with Crippen LogP contribution in [0.2, 0.25) is 0 Å². The molecule has 3 amide bonds. The molecule has 2 heterocycles. The van der Waals surface area contributed by atoms with Gasteiger partial charge in [-0.1, -0.05) is 6.92 Å². The third-order valence-electron chi connectivity index (χ3n) is 3.92. The SMILES string of the molecule is CC[C@@H](NC(=O)Nc1ccc2c(c1)CC(=O)N2)c1ccnn1C. The molecule has 0 saturated carbocycles. The summed E-state index contributed by atoms with van der Waals surface area (Å²) in [5.41, 5.74) is 3.32. The molecule has 7 nitrogen and oxygen atoms in total. The van der Waals surface area contributed by atoms with Crippen LogP contribution in [0.15, 0.2) is 30.5 Å². The lowest BCUT2D eigenvalue weighted by atomic mass is 10.1. The number of urea groups is 1. The lowest BCUT2D eigenvalue weighted by Gasteiger charge is -2.18. The molecule has 120 valence electrons. The Labute approximate surface area is 134 Å². The van der Waals surface area contributed by atoms with E-state index in [1.54, 1.807) is 23.0 Å². The normalized spacial score (nSPS) is 14.1. The van der Waals surface area contributed by atoms with E-state index in [2.05, 4.69) is 21.0 Å². The van der Waals surface area contributed by atoms with Crippen molar-refractivity contribution < 1.29 is 9.59 Å². The Morgan fingerprint density at radius 2 is 2.26 bits per heavy atom. The molecular weight excluding hydrogens is 294 g/mol. The van der Waals surface area contributed by atoms with Crippen molar-refractivity contribution in [3.8, 4) is 0 Å². The van der Waals surface area contributed by atoms with Gasteiger partial charge in [-0.25, -0.2) is 4.79 Å². The number of nitrogens with zero attached hydrogens (tertiary/aromatic N) is 2. The summed E-state index contributed by atoms with van der Waals surface area (Å²) in [6.07, 6.45) is 2.82. The predicted molar refractivity (Wildman–Crippen MR) is 87.2 cm³/mol. The fourth-order valence-corrected chi connectivity index (χ4v) is 2.74. The summed E-state index contributed by atoms with van der Waals surface area (Å²) in [4.78, 5) is 23.6. The standard InChI is InChI=1S/C16H19N5O2/c1-3-12(14-6-7-17-21(14)2)20-16(23)18-11-4-5-13-10(8-11)9-15(22)19-13/h4-8,12H,3,9H2,1-2H3,(H,19,22)(H2,18,20,23)/t12-/m1/s1. The van der Waals surface area contributed by atoms with Gasteiger partial charge in [-0.15, -0.1) is 0 Å². The molecule has 1 aliphatic heterocycles. The van der Waals surface area contributed by atoms with Gasteiger partial charge in [-0.2, -0.15) is 5.10 Å². The Morgan fingerprint density at radius 3 is 2.96 bits per heavy atom. The van der Waals surface area contributed by atoms with Gasteiger partial charge < -0.3 is 16.0 Å². The number of anilines is 2. The van der Waals surface area contributed by atoms with Crippen LogP contribution in [0.25, 0.3) is 0 Å². The van der Waals surface area contributed by atoms with Crippen LogP contribution in [0.5, 0.6) is 0 Å². The Bertz CT molecular complexity index is 753. The molecule has 0 radical (unpaired) electrons. The highest BCUT2D eigenvalue weighted by molar-refractivity contribution is 6.00. The zero-order valence-electron chi connectivity index (χ0n) is 13.1. The van der Waals surface area contributed by atoms with E-state index in [1.807, 2.05) is 26.1 Å². The van der Waals surface area contributed by atoms with E-state index < -0.39 is 0 Å². The van der Waals surface area contributed by atoms with Crippen molar-refractivity contribution in [2.75, 3.05) is 10.6 Å². The van der Waals surface area contributed by atoms with E-state index >= 15 is 0 Å². The van der Waals surface area contributed by atoms with Gasteiger partial charge in [-0.05, 0) is 36.2 Å². The first-order chi connectivity index (χ1) is 11.1. The molecule has 3 N–H and O–H groups in total. The molecular formula is C16H19N5O2. The summed E-state index contributed by atoms with van der Waals surface area (Å²) < 4.78 is 1.75. The smallest absolute Gasteiger partial charge is 0.319 e. The molecule has 1 aliphatic rings. The molecule has 0 saturated heterocycles. The van der Waals surface area contributed by atoms with Crippen molar-refractivity contribution >= 4 is 23.3 Å². The zero-order chi connectivity index (χ0) is 16.4. The number of amides is 3. The number of hydrogen-bond acceptors (Lipinski definition) is 3. The average Bonchev–Trinajstić information content (AvgIpc) is 3.09. The lowest BCUT2D eigenvalue weighted by Crippen LogP contribution is -2.33. The number of benzene rings is 1. The van der Waals surface area contributed by atoms with Crippen LogP contribution in [0, 0.1) is 0 Å². The minimum Gasteiger partial charge on any atom is -0.330 e. The Kier molecular flexibility index (Phi) is 4.01. The van der Waals surface area contributed by atoms with E-state index in [9.17, 15) is 9.59 Å². The number of rotatable bonds is 4. The van der Waals surface area contributed by atoms with E-state index in [0.29, 0.717) is 12.1 Å². The highest BCUT2D eigenvalue weighted by Crippen LogP contribution is 2.26. The first kappa shape index (κ1) is 15.1. The molecule has 2 aromatic rings. The fraction of sp³-hybridized carbons (Fsp3) is 0.312. The van der Waals surface area contributed by atoms with Crippen molar-refractivity contribution in [3.05, 3.63) is 41.7 Å². The zero-order valence-corrected chi connectivity index (χ0v) is 13.1. The minimum atomic E-state index is -0.282. The number of aryl methyl sites for hydroxylation is 1. The van der Waals surface area contributed by atoms with Crippen molar-refractivity contribution in [1.82, 2.24) is 15.1 Å². The molecule has 0 bridgehead atoms. The van der Waals surface area contributed by atoms with Crippen LogP contribution in [-0.2, 0) is 18.3 Å². The molecule has 1 aromatic carbocycles. The summed E-state index contributed by atoms with van der Waals surface area (Å²) in [6.45, 7) is 2.00. The van der Waals surface area contributed by atoms with Gasteiger partial charge in [0.25, 0.3) is 0 Å². The fourth-order valence-electron chi connectivity index (χ4n) is 2.74. The van der Waals surface area contributed by atoms with Gasteiger partial charge >= 0.3 is 6.03 Å². The van der Waals surface area contributed by atoms with Crippen LogP contribution in [0.1, 0.15) is 30.6 Å². The molecule has 0 spiro atoms. The maximum atomic E-state index is 12.2. The number of carbonyl (C=O) groups excluding carboxylic acids is 2. The van der Waals surface area contributed by atoms with Crippen LogP contribution in [-0.4, -0.2) is 21.7 Å². The molecule has 23 heavy (non-hydrogen) atoms. The molecule has 3 rings (SSSR count). The number of carbonyl (C=O) groups is 2. The quantitative estimate of drug-likeness (QED) is 0.808. The number of fused-ring (bicyclic) bond motifs is 1. The van der Waals surface area contributed by atoms with Gasteiger partial charge in [-0.3, -0.25) is 9.48 Å². The third kappa shape index (κ3) is 3.18. The van der Waals surface area contributed by atoms with Gasteiger partial charge in [0.2, 0.25) is 5.91 Å². The molecule has 7 heteroatoms. The predicted octanol–water partition coefficient (Wildman–Crippen LogP) is 2.19. The number of aromatic nitrogens is 2. The number of nitrogens with one attached hydrogen (secondary N) is 3. The summed E-state index contributed by atoms with van der Waals surface area (Å²) in [5.74, 6) is -0.0242. The Balaban J connectivity index is 1.66. The van der Waals surface area contributed by atoms with Gasteiger partial charge in [0.1, 0.15) is 0 Å². The molecule has 0 fully saturated rings. The van der Waals surface area contributed by atoms with Crippen LogP contribution in [0.3, 0.4) is 0 Å². The van der Waals surface area contributed by atoms with Crippen LogP contribution < -0.4 is 16.0 Å². The molecule has 0 aliphatic carbocycles. The maximum absolute atomic E-state index is 12.2. The summed E-state index contributed by atoms with van der Waals surface area (Å²) in [6, 6.07) is 6.89. The monoisotopic (exact) mass is 313 g/mol. The summed E-state index contributed by atoms with van der Waals surface area (Å²) in [5, 5.41) is 12.7. The van der Waals surface area contributed by atoms with Crippen molar-refractivity contribution in [2.24, 2.45) is 7.05 Å². The highest BCUT2D eigenvalue weighted by Gasteiger charge is 2.19. The van der Waals surface area contributed by atoms with E-state index in [1.165, 1.54) is 0 Å². The summed E-state index contributed by atoms with van der Waals surface area (Å²) >= 11 is 0. The maximum Gasteiger partial charge on any atom is 0.319 e. The second-order valence-electron chi connectivity index (χ2n) is 5.54. The van der Waals surface area contributed by atoms with E-state index in [-0.39, 0.29) is 18.0 Å². The number of hydrogen-bond donors (Lipinski definition) is 3. The van der Waals surface area contributed by atoms with Gasteiger partial charge in [0, 0.05) is 24.6 Å². The second-order valence-corrected chi connectivity index (χ2v) is 5.54. The van der Waals surface area contributed by atoms with Crippen molar-refractivity contribution in [3.63, 3.8) is 0 Å². The van der Waals surface area contributed by atoms with Crippen molar-refractivity contribution in [2.45, 2.75) is 25.8 Å². The highest BCUT2D eigenvalue weighted by atomic mass is 16.2. The molecule has 1 aromatic heterocycles. The minimum absolute atomic E-state index is 0.0242. The van der Waals surface area contributed by atoms with E-state index in [0.717, 1.165) is 23.4 Å². The van der Waals surface area contributed by atoms with Crippen molar-refractivity contribution in [1.29, 1.82) is 0 Å². The largest absolute Gasteiger partial charge is 0.330 e. The average molecular weight is 313 g/mol. The van der Waals surface area contributed by atoms with E-state index in [4.69, 9.17) is 0 Å². The Morgan fingerprint density at radius 1 is 1.43 bits per heavy atom. The topological polar surface area (TPSA) is 88.1 Å². The second kappa shape index (κ2) is 6.12. The van der Waals surface area contributed by atoms with Crippen LogP contribution >= 0.6 is 0 Å². The van der Waals surface area contributed by atoms with Gasteiger partial charge in [0.05, 0.1) is 18.2 Å². The lowest BCUT2D eigenvalue weighted by molar-refractivity contribution is -0.115. The summed E-state index contributed by atoms with van der Waals surface area (Å²) in [7, 11) is 1.85. The van der Waals surface area contributed by atoms with Crippen LogP contribution in [0.4, 0.5) is 16.2 Å².